The Balaban J connectivity index is 1.82. The summed E-state index contributed by atoms with van der Waals surface area (Å²) in [6, 6.07) is 13.2. The van der Waals surface area contributed by atoms with Gasteiger partial charge in [0.1, 0.15) is 31.5 Å². The second-order valence-electron chi connectivity index (χ2n) is 7.22. The summed E-state index contributed by atoms with van der Waals surface area (Å²) in [6.45, 7) is 1.87. The van der Waals surface area contributed by atoms with Crippen molar-refractivity contribution in [3.63, 3.8) is 0 Å². The van der Waals surface area contributed by atoms with E-state index in [0.29, 0.717) is 17.0 Å². The van der Waals surface area contributed by atoms with Gasteiger partial charge < -0.3 is 29.6 Å². The van der Waals surface area contributed by atoms with Crippen molar-refractivity contribution in [2.45, 2.75) is 44.1 Å². The summed E-state index contributed by atoms with van der Waals surface area (Å²) in [5, 5.41) is 35.0. The summed E-state index contributed by atoms with van der Waals surface area (Å²) < 4.78 is 10.8. The van der Waals surface area contributed by atoms with E-state index in [9.17, 15) is 15.3 Å². The van der Waals surface area contributed by atoms with Gasteiger partial charge in [0, 0.05) is 12.1 Å². The molecule has 0 bridgehead atoms. The average Bonchev–Trinajstić information content (AvgIpc) is 2.75. The first kappa shape index (κ1) is 22.7. The SMILES string of the molecule is CON=C(C)c1ccc(Cc2cc([C@@H]3O[C@H](OC)[C@@H](O)[C@H](O)[C@H]3O)ccc2Cl)cc1. The highest BCUT2D eigenvalue weighted by atomic mass is 35.5. The minimum Gasteiger partial charge on any atom is -0.399 e. The zero-order valence-corrected chi connectivity index (χ0v) is 17.8. The van der Waals surface area contributed by atoms with E-state index in [1.807, 2.05) is 37.3 Å². The number of hydrogen-bond acceptors (Lipinski definition) is 7. The van der Waals surface area contributed by atoms with E-state index in [2.05, 4.69) is 5.16 Å². The lowest BCUT2D eigenvalue weighted by atomic mass is 9.92. The summed E-state index contributed by atoms with van der Waals surface area (Å²) in [6.07, 6.45) is -5.37. The first-order valence-corrected chi connectivity index (χ1v) is 9.91. The summed E-state index contributed by atoms with van der Waals surface area (Å²) >= 11 is 6.40. The number of aliphatic hydroxyl groups is 3. The molecule has 2 aromatic rings. The van der Waals surface area contributed by atoms with E-state index in [4.69, 9.17) is 25.9 Å². The molecule has 1 aliphatic rings. The normalized spacial score (nSPS) is 27.2. The van der Waals surface area contributed by atoms with Crippen LogP contribution in [0.15, 0.2) is 47.6 Å². The van der Waals surface area contributed by atoms with E-state index < -0.39 is 30.7 Å². The van der Waals surface area contributed by atoms with Crippen LogP contribution in [0.4, 0.5) is 0 Å². The summed E-state index contributed by atoms with van der Waals surface area (Å²) in [5.74, 6) is 0. The lowest BCUT2D eigenvalue weighted by Gasteiger charge is -2.40. The van der Waals surface area contributed by atoms with Crippen LogP contribution >= 0.6 is 11.6 Å². The lowest BCUT2D eigenvalue weighted by Crippen LogP contribution is -2.54. The lowest BCUT2D eigenvalue weighted by molar-refractivity contribution is -0.292. The van der Waals surface area contributed by atoms with Crippen LogP contribution in [0, 0.1) is 0 Å². The number of ether oxygens (including phenoxy) is 2. The van der Waals surface area contributed by atoms with Crippen LogP contribution in [0.2, 0.25) is 5.02 Å². The first-order chi connectivity index (χ1) is 14.3. The van der Waals surface area contributed by atoms with E-state index in [-0.39, 0.29) is 0 Å². The van der Waals surface area contributed by atoms with Crippen LogP contribution in [0.5, 0.6) is 0 Å². The van der Waals surface area contributed by atoms with Gasteiger partial charge in [0.15, 0.2) is 6.29 Å². The van der Waals surface area contributed by atoms with Gasteiger partial charge in [0.05, 0.1) is 5.71 Å². The van der Waals surface area contributed by atoms with Gasteiger partial charge in [-0.2, -0.15) is 0 Å². The molecule has 2 aromatic carbocycles. The number of methoxy groups -OCH3 is 1. The number of benzene rings is 2. The van der Waals surface area contributed by atoms with Gasteiger partial charge in [-0.3, -0.25) is 0 Å². The summed E-state index contributed by atoms with van der Waals surface area (Å²) in [5.41, 5.74) is 4.25. The molecule has 162 valence electrons. The molecule has 0 radical (unpaired) electrons. The Kier molecular flexibility index (Phi) is 7.46. The Bertz CT molecular complexity index is 886. The molecule has 5 atom stereocenters. The smallest absolute Gasteiger partial charge is 0.186 e. The third-order valence-electron chi connectivity index (χ3n) is 5.19. The van der Waals surface area contributed by atoms with Crippen LogP contribution in [-0.4, -0.2) is 59.9 Å². The topological polar surface area (TPSA) is 101 Å². The van der Waals surface area contributed by atoms with Gasteiger partial charge in [-0.15, -0.1) is 0 Å². The number of hydrogen-bond donors (Lipinski definition) is 3. The fourth-order valence-electron chi connectivity index (χ4n) is 3.50. The van der Waals surface area contributed by atoms with Crippen molar-refractivity contribution in [2.24, 2.45) is 5.16 Å². The molecule has 0 aromatic heterocycles. The van der Waals surface area contributed by atoms with Crippen LogP contribution in [0.1, 0.15) is 35.3 Å². The highest BCUT2D eigenvalue weighted by molar-refractivity contribution is 6.31. The van der Waals surface area contributed by atoms with Crippen molar-refractivity contribution in [3.8, 4) is 0 Å². The Hall–Kier alpha value is -2.00. The zero-order chi connectivity index (χ0) is 21.8. The molecule has 8 heteroatoms. The maximum absolute atomic E-state index is 10.4. The molecule has 1 saturated heterocycles. The van der Waals surface area contributed by atoms with Gasteiger partial charge in [-0.1, -0.05) is 53.2 Å². The number of rotatable bonds is 6. The van der Waals surface area contributed by atoms with Crippen molar-refractivity contribution in [2.75, 3.05) is 14.2 Å². The Morgan fingerprint density at radius 3 is 2.37 bits per heavy atom. The number of oxime groups is 1. The predicted octanol–water partition coefficient (Wildman–Crippen LogP) is 2.43. The molecule has 0 amide bonds. The maximum Gasteiger partial charge on any atom is 0.186 e. The van der Waals surface area contributed by atoms with Gasteiger partial charge in [0.25, 0.3) is 0 Å². The molecule has 7 nitrogen and oxygen atoms in total. The first-order valence-electron chi connectivity index (χ1n) is 9.53. The number of nitrogens with zero attached hydrogens (tertiary/aromatic N) is 1. The maximum atomic E-state index is 10.4. The highest BCUT2D eigenvalue weighted by Crippen LogP contribution is 2.34. The monoisotopic (exact) mass is 435 g/mol. The Labute approximate surface area is 180 Å². The van der Waals surface area contributed by atoms with Crippen molar-refractivity contribution < 1.29 is 29.6 Å². The van der Waals surface area contributed by atoms with Crippen molar-refractivity contribution in [1.82, 2.24) is 0 Å². The number of aliphatic hydroxyl groups excluding tert-OH is 3. The largest absolute Gasteiger partial charge is 0.399 e. The molecule has 0 unspecified atom stereocenters. The number of halogens is 1. The highest BCUT2D eigenvalue weighted by Gasteiger charge is 2.44. The van der Waals surface area contributed by atoms with Crippen molar-refractivity contribution >= 4 is 17.3 Å². The molecular formula is C22H26ClNO6. The standard InChI is InChI=1S/C22H26ClNO6/c1-12(24-29-3)14-6-4-13(5-7-14)10-16-11-15(8-9-17(16)23)21-19(26)18(25)20(27)22(28-2)30-21/h4-9,11,18-22,25-27H,10H2,1-3H3/t18-,19-,20+,21+,22+/m1/s1. The summed E-state index contributed by atoms with van der Waals surface area (Å²) in [7, 11) is 2.87. The van der Waals surface area contributed by atoms with E-state index in [0.717, 1.165) is 22.4 Å². The van der Waals surface area contributed by atoms with Crippen LogP contribution in [0.25, 0.3) is 0 Å². The molecular weight excluding hydrogens is 410 g/mol. The average molecular weight is 436 g/mol. The van der Waals surface area contributed by atoms with Gasteiger partial charge in [-0.05, 0) is 41.7 Å². The zero-order valence-electron chi connectivity index (χ0n) is 17.0. The van der Waals surface area contributed by atoms with E-state index in [1.165, 1.54) is 14.2 Å². The minimum absolute atomic E-state index is 0.565. The molecule has 0 saturated carbocycles. The van der Waals surface area contributed by atoms with E-state index >= 15 is 0 Å². The second-order valence-corrected chi connectivity index (χ2v) is 7.62. The molecule has 1 heterocycles. The summed E-state index contributed by atoms with van der Waals surface area (Å²) in [4.78, 5) is 4.80. The van der Waals surface area contributed by atoms with Gasteiger partial charge in [-0.25, -0.2) is 0 Å². The Morgan fingerprint density at radius 1 is 1.03 bits per heavy atom. The molecule has 1 aliphatic heterocycles. The van der Waals surface area contributed by atoms with Crippen molar-refractivity contribution in [3.05, 3.63) is 69.7 Å². The van der Waals surface area contributed by atoms with E-state index in [1.54, 1.807) is 12.1 Å². The fourth-order valence-corrected chi connectivity index (χ4v) is 3.68. The Morgan fingerprint density at radius 2 is 1.73 bits per heavy atom. The van der Waals surface area contributed by atoms with Crippen LogP contribution < -0.4 is 0 Å². The van der Waals surface area contributed by atoms with Crippen molar-refractivity contribution in [1.29, 1.82) is 0 Å². The molecule has 0 aliphatic carbocycles. The molecule has 0 spiro atoms. The second kappa shape index (κ2) is 9.87. The predicted molar refractivity (Wildman–Crippen MR) is 113 cm³/mol. The molecule has 1 fully saturated rings. The fraction of sp³-hybridized carbons (Fsp3) is 0.409. The van der Waals surface area contributed by atoms with Gasteiger partial charge >= 0.3 is 0 Å². The quantitative estimate of drug-likeness (QED) is 0.476. The van der Waals surface area contributed by atoms with Crippen LogP contribution in [0.3, 0.4) is 0 Å². The minimum atomic E-state index is -1.39. The van der Waals surface area contributed by atoms with Crippen LogP contribution in [-0.2, 0) is 20.7 Å². The molecule has 3 N–H and O–H groups in total. The molecule has 30 heavy (non-hydrogen) atoms. The third-order valence-corrected chi connectivity index (χ3v) is 5.56. The third kappa shape index (κ3) is 4.83. The van der Waals surface area contributed by atoms with Gasteiger partial charge in [0.2, 0.25) is 0 Å². The molecule has 3 rings (SSSR count).